The number of anilines is 1. The van der Waals surface area contributed by atoms with E-state index in [1.54, 1.807) is 48.8 Å². The zero-order valence-electron chi connectivity index (χ0n) is 14.7. The Bertz CT molecular complexity index is 1050. The highest BCUT2D eigenvalue weighted by Gasteiger charge is 2.17. The maximum Gasteiger partial charge on any atom is 0.261 e. The van der Waals surface area contributed by atoms with Crippen LogP contribution in [0.5, 0.6) is 0 Å². The number of para-hydroxylation sites is 1. The molecule has 3 rings (SSSR count). The molecule has 6 nitrogen and oxygen atoms in total. The highest BCUT2D eigenvalue weighted by Crippen LogP contribution is 2.20. The molecule has 0 fully saturated rings. The van der Waals surface area contributed by atoms with Crippen LogP contribution in [-0.4, -0.2) is 19.3 Å². The van der Waals surface area contributed by atoms with E-state index in [0.29, 0.717) is 12.2 Å². The smallest absolute Gasteiger partial charge is 0.261 e. The summed E-state index contributed by atoms with van der Waals surface area (Å²) in [6.07, 6.45) is 3.29. The van der Waals surface area contributed by atoms with Gasteiger partial charge in [0.15, 0.2) is 0 Å². The molecule has 2 aromatic carbocycles. The molecular weight excluding hydrogens is 362 g/mol. The van der Waals surface area contributed by atoms with Crippen molar-refractivity contribution in [2.45, 2.75) is 18.4 Å². The Kier molecular flexibility index (Phi) is 5.52. The van der Waals surface area contributed by atoms with Gasteiger partial charge in [-0.05, 0) is 54.4 Å². The minimum atomic E-state index is -3.80. The van der Waals surface area contributed by atoms with Crippen LogP contribution in [0.3, 0.4) is 0 Å². The van der Waals surface area contributed by atoms with Crippen LogP contribution in [-0.2, 0) is 16.6 Å². The predicted octanol–water partition coefficient (Wildman–Crippen LogP) is 3.12. The number of nitrogens with zero attached hydrogens (tertiary/aromatic N) is 1. The topological polar surface area (TPSA) is 88.2 Å². The molecule has 0 aliphatic rings. The average molecular weight is 381 g/mol. The lowest BCUT2D eigenvalue weighted by Gasteiger charge is -2.11. The van der Waals surface area contributed by atoms with Crippen molar-refractivity contribution in [3.63, 3.8) is 0 Å². The number of benzene rings is 2. The lowest BCUT2D eigenvalue weighted by Crippen LogP contribution is -2.23. The standard InChI is InChI=1S/C20H19N3O3S/c1-15-5-2-3-8-19(15)23-27(25,26)18-7-4-6-17(13-18)20(24)22-14-16-9-11-21-12-10-16/h2-13,23H,14H2,1H3,(H,22,24). The molecule has 2 N–H and O–H groups in total. The third-order valence-electron chi connectivity index (χ3n) is 4.00. The zero-order chi connectivity index (χ0) is 19.3. The molecule has 0 bridgehead atoms. The number of pyridine rings is 1. The Morgan fingerprint density at radius 2 is 1.74 bits per heavy atom. The fourth-order valence-electron chi connectivity index (χ4n) is 2.48. The van der Waals surface area contributed by atoms with Gasteiger partial charge in [-0.3, -0.25) is 14.5 Å². The van der Waals surface area contributed by atoms with Crippen LogP contribution in [0.15, 0.2) is 78.0 Å². The Morgan fingerprint density at radius 1 is 1.00 bits per heavy atom. The van der Waals surface area contributed by atoms with Crippen molar-refractivity contribution in [1.82, 2.24) is 10.3 Å². The van der Waals surface area contributed by atoms with E-state index in [4.69, 9.17) is 0 Å². The van der Waals surface area contributed by atoms with Gasteiger partial charge in [0, 0.05) is 24.5 Å². The number of carbonyl (C=O) groups excluding carboxylic acids is 1. The summed E-state index contributed by atoms with van der Waals surface area (Å²) in [6, 6.07) is 16.7. The molecule has 27 heavy (non-hydrogen) atoms. The van der Waals surface area contributed by atoms with Crippen LogP contribution in [0.2, 0.25) is 0 Å². The van der Waals surface area contributed by atoms with Crippen molar-refractivity contribution in [1.29, 1.82) is 0 Å². The van der Waals surface area contributed by atoms with E-state index in [0.717, 1.165) is 11.1 Å². The lowest BCUT2D eigenvalue weighted by atomic mass is 10.2. The predicted molar refractivity (Wildman–Crippen MR) is 104 cm³/mol. The zero-order valence-corrected chi connectivity index (χ0v) is 15.5. The van der Waals surface area contributed by atoms with Gasteiger partial charge >= 0.3 is 0 Å². The molecule has 138 valence electrons. The molecule has 0 saturated heterocycles. The van der Waals surface area contributed by atoms with Crippen LogP contribution in [0.1, 0.15) is 21.5 Å². The van der Waals surface area contributed by atoms with Gasteiger partial charge < -0.3 is 5.32 Å². The molecule has 0 radical (unpaired) electrons. The van der Waals surface area contributed by atoms with Gasteiger partial charge in [-0.25, -0.2) is 8.42 Å². The van der Waals surface area contributed by atoms with E-state index in [1.807, 2.05) is 19.1 Å². The summed E-state index contributed by atoms with van der Waals surface area (Å²) in [5.74, 6) is -0.347. The molecule has 1 heterocycles. The van der Waals surface area contributed by atoms with E-state index >= 15 is 0 Å². The fourth-order valence-corrected chi connectivity index (χ4v) is 3.66. The molecule has 1 amide bonds. The first kappa shape index (κ1) is 18.6. The summed E-state index contributed by atoms with van der Waals surface area (Å²) < 4.78 is 27.9. The Morgan fingerprint density at radius 3 is 2.48 bits per heavy atom. The number of aryl methyl sites for hydroxylation is 1. The highest BCUT2D eigenvalue weighted by atomic mass is 32.2. The molecule has 1 aromatic heterocycles. The summed E-state index contributed by atoms with van der Waals surface area (Å²) in [5, 5.41) is 2.77. The van der Waals surface area contributed by atoms with Crippen molar-refractivity contribution < 1.29 is 13.2 Å². The number of hydrogen-bond donors (Lipinski definition) is 2. The van der Waals surface area contributed by atoms with Crippen LogP contribution < -0.4 is 10.0 Å². The number of amides is 1. The molecule has 0 unspecified atom stereocenters. The SMILES string of the molecule is Cc1ccccc1NS(=O)(=O)c1cccc(C(=O)NCc2ccncc2)c1. The number of rotatable bonds is 6. The number of aromatic nitrogens is 1. The molecule has 0 saturated carbocycles. The largest absolute Gasteiger partial charge is 0.348 e. The second-order valence-corrected chi connectivity index (χ2v) is 7.67. The van der Waals surface area contributed by atoms with Crippen molar-refractivity contribution >= 4 is 21.6 Å². The maximum absolute atomic E-state index is 12.7. The lowest BCUT2D eigenvalue weighted by molar-refractivity contribution is 0.0950. The van der Waals surface area contributed by atoms with Gasteiger partial charge in [0.1, 0.15) is 0 Å². The molecule has 0 aliphatic carbocycles. The number of carbonyl (C=O) groups is 1. The molecule has 0 aliphatic heterocycles. The van der Waals surface area contributed by atoms with E-state index < -0.39 is 10.0 Å². The molecule has 7 heteroatoms. The first-order valence-corrected chi connectivity index (χ1v) is 9.80. The second-order valence-electron chi connectivity index (χ2n) is 5.99. The fraction of sp³-hybridized carbons (Fsp3) is 0.100. The van der Waals surface area contributed by atoms with Gasteiger partial charge in [0.05, 0.1) is 10.6 Å². The molecular formula is C20H19N3O3S. The number of sulfonamides is 1. The Labute approximate surface area is 158 Å². The van der Waals surface area contributed by atoms with Gasteiger partial charge in [-0.15, -0.1) is 0 Å². The van der Waals surface area contributed by atoms with E-state index in [-0.39, 0.29) is 16.4 Å². The monoisotopic (exact) mass is 381 g/mol. The van der Waals surface area contributed by atoms with Crippen molar-refractivity contribution in [2.24, 2.45) is 0 Å². The average Bonchev–Trinajstić information content (AvgIpc) is 2.69. The molecule has 3 aromatic rings. The minimum Gasteiger partial charge on any atom is -0.348 e. The maximum atomic E-state index is 12.7. The van der Waals surface area contributed by atoms with Gasteiger partial charge in [-0.2, -0.15) is 0 Å². The third kappa shape index (κ3) is 4.71. The van der Waals surface area contributed by atoms with Gasteiger partial charge in [0.25, 0.3) is 15.9 Å². The normalized spacial score (nSPS) is 11.0. The van der Waals surface area contributed by atoms with Crippen LogP contribution in [0.25, 0.3) is 0 Å². The molecule has 0 spiro atoms. The molecule has 0 atom stereocenters. The summed E-state index contributed by atoms with van der Waals surface area (Å²) in [5.41, 5.74) is 2.50. The first-order valence-electron chi connectivity index (χ1n) is 8.31. The summed E-state index contributed by atoms with van der Waals surface area (Å²) >= 11 is 0. The number of hydrogen-bond acceptors (Lipinski definition) is 4. The summed E-state index contributed by atoms with van der Waals surface area (Å²) in [6.45, 7) is 2.15. The minimum absolute atomic E-state index is 0.0299. The number of nitrogens with one attached hydrogen (secondary N) is 2. The van der Waals surface area contributed by atoms with Crippen molar-refractivity contribution in [2.75, 3.05) is 4.72 Å². The second kappa shape index (κ2) is 8.01. The Hall–Kier alpha value is -3.19. The summed E-state index contributed by atoms with van der Waals surface area (Å²) in [7, 11) is -3.80. The van der Waals surface area contributed by atoms with E-state index in [2.05, 4.69) is 15.0 Å². The van der Waals surface area contributed by atoms with E-state index in [9.17, 15) is 13.2 Å². The van der Waals surface area contributed by atoms with Gasteiger partial charge in [0.2, 0.25) is 0 Å². The van der Waals surface area contributed by atoms with Crippen molar-refractivity contribution in [3.05, 3.63) is 89.7 Å². The third-order valence-corrected chi connectivity index (χ3v) is 5.36. The first-order chi connectivity index (χ1) is 13.0. The highest BCUT2D eigenvalue weighted by molar-refractivity contribution is 7.92. The van der Waals surface area contributed by atoms with Crippen LogP contribution in [0.4, 0.5) is 5.69 Å². The van der Waals surface area contributed by atoms with E-state index in [1.165, 1.54) is 12.1 Å². The van der Waals surface area contributed by atoms with Crippen LogP contribution in [0, 0.1) is 6.92 Å². The summed E-state index contributed by atoms with van der Waals surface area (Å²) in [4.78, 5) is 16.3. The van der Waals surface area contributed by atoms with Crippen molar-refractivity contribution in [3.8, 4) is 0 Å². The van der Waals surface area contributed by atoms with Crippen LogP contribution >= 0.6 is 0 Å². The quantitative estimate of drug-likeness (QED) is 0.687. The Balaban J connectivity index is 1.76. The van der Waals surface area contributed by atoms with Gasteiger partial charge in [-0.1, -0.05) is 24.3 Å².